The second-order valence-corrected chi connectivity index (χ2v) is 3.86. The predicted octanol–water partition coefficient (Wildman–Crippen LogP) is 1.16. The Morgan fingerprint density at radius 3 is 2.39 bits per heavy atom. The molecule has 0 aliphatic rings. The van der Waals surface area contributed by atoms with Crippen molar-refractivity contribution in [1.82, 2.24) is 15.5 Å². The topological polar surface area (TPSA) is 76.2 Å². The number of hydrogen-bond acceptors (Lipinski definition) is 4. The number of carbonyl (C=O) groups is 1. The van der Waals surface area contributed by atoms with Crippen molar-refractivity contribution in [2.75, 3.05) is 19.8 Å². The molecule has 0 atom stereocenters. The molecule has 1 aromatic heterocycles. The average molecular weight is 255 g/mol. The first-order valence-corrected chi connectivity index (χ1v) is 6.13. The van der Waals surface area contributed by atoms with Crippen molar-refractivity contribution < 1.29 is 14.3 Å². The van der Waals surface area contributed by atoms with Crippen LogP contribution in [0.1, 0.15) is 35.6 Å². The summed E-state index contributed by atoms with van der Waals surface area (Å²) in [5.41, 5.74) is 2.03. The number of aromatic nitrogens is 2. The van der Waals surface area contributed by atoms with Gasteiger partial charge in [0.25, 0.3) is 5.91 Å². The summed E-state index contributed by atoms with van der Waals surface area (Å²) < 4.78 is 10.7. The van der Waals surface area contributed by atoms with E-state index in [2.05, 4.69) is 15.5 Å². The minimum Gasteiger partial charge on any atom is -0.351 e. The van der Waals surface area contributed by atoms with Crippen LogP contribution in [0.4, 0.5) is 0 Å². The van der Waals surface area contributed by atoms with Crippen LogP contribution in [0, 0.1) is 13.8 Å². The molecule has 0 aliphatic heterocycles. The van der Waals surface area contributed by atoms with Crippen molar-refractivity contribution >= 4 is 5.91 Å². The van der Waals surface area contributed by atoms with Crippen LogP contribution in [-0.4, -0.2) is 42.2 Å². The number of aryl methyl sites for hydroxylation is 2. The number of rotatable bonds is 7. The number of aromatic amines is 1. The van der Waals surface area contributed by atoms with Crippen LogP contribution < -0.4 is 5.32 Å². The highest BCUT2D eigenvalue weighted by molar-refractivity contribution is 5.96. The number of nitrogens with zero attached hydrogens (tertiary/aromatic N) is 1. The van der Waals surface area contributed by atoms with Crippen LogP contribution in [0.3, 0.4) is 0 Å². The van der Waals surface area contributed by atoms with E-state index in [1.165, 1.54) is 0 Å². The Labute approximate surface area is 107 Å². The van der Waals surface area contributed by atoms with Gasteiger partial charge in [-0.2, -0.15) is 5.10 Å². The summed E-state index contributed by atoms with van der Waals surface area (Å²) in [6.07, 6.45) is -0.406. The molecule has 0 unspecified atom stereocenters. The largest absolute Gasteiger partial charge is 0.351 e. The van der Waals surface area contributed by atoms with Gasteiger partial charge in [-0.15, -0.1) is 0 Å². The van der Waals surface area contributed by atoms with E-state index < -0.39 is 6.29 Å². The maximum absolute atomic E-state index is 12.0. The Kier molecular flexibility index (Phi) is 5.80. The molecule has 0 saturated heterocycles. The fourth-order valence-electron chi connectivity index (χ4n) is 1.69. The van der Waals surface area contributed by atoms with Gasteiger partial charge in [0, 0.05) is 18.9 Å². The first kappa shape index (κ1) is 14.7. The van der Waals surface area contributed by atoms with E-state index in [0.29, 0.717) is 31.0 Å². The highest BCUT2D eigenvalue weighted by Gasteiger charge is 2.16. The lowest BCUT2D eigenvalue weighted by molar-refractivity contribution is -0.131. The summed E-state index contributed by atoms with van der Waals surface area (Å²) in [4.78, 5) is 12.0. The zero-order valence-corrected chi connectivity index (χ0v) is 11.4. The highest BCUT2D eigenvalue weighted by atomic mass is 16.7. The fraction of sp³-hybridized carbons (Fsp3) is 0.667. The van der Waals surface area contributed by atoms with Crippen LogP contribution in [0.15, 0.2) is 0 Å². The van der Waals surface area contributed by atoms with Crippen LogP contribution in [0.5, 0.6) is 0 Å². The third-order valence-corrected chi connectivity index (χ3v) is 2.49. The molecular weight excluding hydrogens is 234 g/mol. The second kappa shape index (κ2) is 7.13. The van der Waals surface area contributed by atoms with Crippen molar-refractivity contribution in [3.8, 4) is 0 Å². The second-order valence-electron chi connectivity index (χ2n) is 3.86. The van der Waals surface area contributed by atoms with E-state index in [9.17, 15) is 4.79 Å². The van der Waals surface area contributed by atoms with Crippen LogP contribution in [0.25, 0.3) is 0 Å². The minimum absolute atomic E-state index is 0.164. The third-order valence-electron chi connectivity index (χ3n) is 2.49. The molecule has 0 aliphatic carbocycles. The number of ether oxygens (including phenoxy) is 2. The normalized spacial score (nSPS) is 10.9. The molecule has 0 spiro atoms. The molecule has 0 aromatic carbocycles. The van der Waals surface area contributed by atoms with Crippen LogP contribution in [-0.2, 0) is 9.47 Å². The Morgan fingerprint density at radius 2 is 1.94 bits per heavy atom. The molecule has 6 nitrogen and oxygen atoms in total. The molecule has 0 bridgehead atoms. The van der Waals surface area contributed by atoms with Crippen LogP contribution in [0.2, 0.25) is 0 Å². The van der Waals surface area contributed by atoms with Gasteiger partial charge in [-0.1, -0.05) is 0 Å². The standard InChI is InChI=1S/C12H21N3O3/c1-5-17-10(18-6-2)7-13-12(16)11-8(3)14-15-9(11)4/h10H,5-7H2,1-4H3,(H,13,16)(H,14,15). The SMILES string of the molecule is CCOC(CNC(=O)c1c(C)n[nH]c1C)OCC. The zero-order valence-electron chi connectivity index (χ0n) is 11.4. The summed E-state index contributed by atoms with van der Waals surface area (Å²) in [5.74, 6) is -0.164. The van der Waals surface area contributed by atoms with Gasteiger partial charge in [0.1, 0.15) is 0 Å². The summed E-state index contributed by atoms with van der Waals surface area (Å²) in [6, 6.07) is 0. The molecule has 0 fully saturated rings. The van der Waals surface area contributed by atoms with E-state index in [1.807, 2.05) is 20.8 Å². The lowest BCUT2D eigenvalue weighted by atomic mass is 10.2. The molecular formula is C12H21N3O3. The molecule has 0 radical (unpaired) electrons. The Balaban J connectivity index is 2.54. The van der Waals surface area contributed by atoms with Gasteiger partial charge < -0.3 is 14.8 Å². The van der Waals surface area contributed by atoms with Gasteiger partial charge in [0.15, 0.2) is 6.29 Å². The molecule has 102 valence electrons. The molecule has 1 aromatic rings. The molecule has 2 N–H and O–H groups in total. The van der Waals surface area contributed by atoms with Crippen molar-refractivity contribution in [3.05, 3.63) is 17.0 Å². The van der Waals surface area contributed by atoms with E-state index >= 15 is 0 Å². The van der Waals surface area contributed by atoms with E-state index in [-0.39, 0.29) is 5.91 Å². The highest BCUT2D eigenvalue weighted by Crippen LogP contribution is 2.08. The minimum atomic E-state index is -0.406. The monoisotopic (exact) mass is 255 g/mol. The lowest BCUT2D eigenvalue weighted by Crippen LogP contribution is -2.35. The van der Waals surface area contributed by atoms with E-state index in [0.717, 1.165) is 5.69 Å². The molecule has 6 heteroatoms. The number of hydrogen-bond donors (Lipinski definition) is 2. The van der Waals surface area contributed by atoms with Crippen molar-refractivity contribution in [3.63, 3.8) is 0 Å². The number of H-pyrrole nitrogens is 1. The van der Waals surface area contributed by atoms with Gasteiger partial charge in [-0.05, 0) is 27.7 Å². The molecule has 18 heavy (non-hydrogen) atoms. The maximum Gasteiger partial charge on any atom is 0.255 e. The Hall–Kier alpha value is -1.40. The third kappa shape index (κ3) is 3.82. The quantitative estimate of drug-likeness (QED) is 0.717. The smallest absolute Gasteiger partial charge is 0.255 e. The van der Waals surface area contributed by atoms with Gasteiger partial charge >= 0.3 is 0 Å². The molecule has 0 saturated carbocycles. The van der Waals surface area contributed by atoms with Crippen LogP contribution >= 0.6 is 0 Å². The average Bonchev–Trinajstić information content (AvgIpc) is 2.66. The number of amides is 1. The molecule has 1 amide bonds. The van der Waals surface area contributed by atoms with Crippen molar-refractivity contribution in [2.24, 2.45) is 0 Å². The lowest BCUT2D eigenvalue weighted by Gasteiger charge is -2.17. The van der Waals surface area contributed by atoms with Gasteiger partial charge in [0.2, 0.25) is 0 Å². The summed E-state index contributed by atoms with van der Waals surface area (Å²) in [5, 5.41) is 9.56. The maximum atomic E-state index is 12.0. The van der Waals surface area contributed by atoms with Crippen molar-refractivity contribution in [2.45, 2.75) is 34.0 Å². The Morgan fingerprint density at radius 1 is 1.33 bits per heavy atom. The fourth-order valence-corrected chi connectivity index (χ4v) is 1.69. The van der Waals surface area contributed by atoms with Gasteiger partial charge in [-0.25, -0.2) is 0 Å². The predicted molar refractivity (Wildman–Crippen MR) is 67.4 cm³/mol. The first-order valence-electron chi connectivity index (χ1n) is 6.13. The molecule has 1 heterocycles. The number of carbonyl (C=O) groups excluding carboxylic acids is 1. The summed E-state index contributed by atoms with van der Waals surface area (Å²) in [6.45, 7) is 8.80. The van der Waals surface area contributed by atoms with E-state index in [4.69, 9.17) is 9.47 Å². The summed E-state index contributed by atoms with van der Waals surface area (Å²) >= 11 is 0. The van der Waals surface area contributed by atoms with E-state index in [1.54, 1.807) is 6.92 Å². The number of nitrogens with one attached hydrogen (secondary N) is 2. The summed E-state index contributed by atoms with van der Waals surface area (Å²) in [7, 11) is 0. The van der Waals surface area contributed by atoms with Gasteiger partial charge in [-0.3, -0.25) is 9.89 Å². The van der Waals surface area contributed by atoms with Gasteiger partial charge in [0.05, 0.1) is 17.8 Å². The zero-order chi connectivity index (χ0) is 13.5. The first-order chi connectivity index (χ1) is 8.60. The Bertz CT molecular complexity index is 364. The van der Waals surface area contributed by atoms with Crippen molar-refractivity contribution in [1.29, 1.82) is 0 Å². The molecule has 1 rings (SSSR count).